The van der Waals surface area contributed by atoms with Crippen molar-refractivity contribution in [1.29, 1.82) is 0 Å². The molecule has 0 aromatic carbocycles. The molecular weight excluding hydrogens is 314 g/mol. The van der Waals surface area contributed by atoms with Crippen LogP contribution in [-0.2, 0) is 23.8 Å². The van der Waals surface area contributed by atoms with Gasteiger partial charge in [-0.25, -0.2) is 9.59 Å². The smallest absolute Gasteiger partial charge is 0.408 e. The molecule has 0 spiro atoms. The van der Waals surface area contributed by atoms with Crippen molar-refractivity contribution >= 4 is 18.0 Å². The first kappa shape index (κ1) is 19.7. The first-order valence-electron chi connectivity index (χ1n) is 7.80. The average molecular weight is 339 g/mol. The third-order valence-electron chi connectivity index (χ3n) is 3.03. The summed E-state index contributed by atoms with van der Waals surface area (Å²) < 4.78 is 14.8. The van der Waals surface area contributed by atoms with Crippen molar-refractivity contribution in [1.82, 2.24) is 5.32 Å². The maximum Gasteiger partial charge on any atom is 0.408 e. The molecule has 0 aliphatic heterocycles. The Balaban J connectivity index is 2.64. The number of hydrogen-bond acceptors (Lipinski definition) is 6. The molecule has 1 aliphatic carbocycles. The van der Waals surface area contributed by atoms with Gasteiger partial charge < -0.3 is 19.5 Å². The Kier molecular flexibility index (Phi) is 7.48. The van der Waals surface area contributed by atoms with Crippen LogP contribution in [0.5, 0.6) is 0 Å². The molecule has 1 aliphatic rings. The summed E-state index contributed by atoms with van der Waals surface area (Å²) in [7, 11) is 1.20. The minimum absolute atomic E-state index is 0.0863. The summed E-state index contributed by atoms with van der Waals surface area (Å²) in [6, 6.07) is -1.17. The first-order valence-corrected chi connectivity index (χ1v) is 7.80. The summed E-state index contributed by atoms with van der Waals surface area (Å²) in [6.07, 6.45) is 6.58. The van der Waals surface area contributed by atoms with Gasteiger partial charge in [0.1, 0.15) is 18.2 Å². The third kappa shape index (κ3) is 7.80. The van der Waals surface area contributed by atoms with Gasteiger partial charge in [-0.1, -0.05) is 18.2 Å². The summed E-state index contributed by atoms with van der Waals surface area (Å²) in [5.74, 6) is -1.35. The van der Waals surface area contributed by atoms with Crippen LogP contribution >= 0.6 is 0 Å². The van der Waals surface area contributed by atoms with E-state index in [1.54, 1.807) is 20.8 Å². The Hall–Kier alpha value is -2.31. The highest BCUT2D eigenvalue weighted by Crippen LogP contribution is 2.11. The van der Waals surface area contributed by atoms with E-state index in [9.17, 15) is 14.4 Å². The third-order valence-corrected chi connectivity index (χ3v) is 3.03. The maximum atomic E-state index is 12.2. The minimum atomic E-state index is -1.17. The Bertz CT molecular complexity index is 530. The van der Waals surface area contributed by atoms with E-state index in [1.807, 2.05) is 18.2 Å². The highest BCUT2D eigenvalue weighted by atomic mass is 16.6. The molecule has 0 fully saturated rings. The highest BCUT2D eigenvalue weighted by Gasteiger charge is 2.28. The van der Waals surface area contributed by atoms with Crippen LogP contribution in [0.3, 0.4) is 0 Å². The van der Waals surface area contributed by atoms with E-state index >= 15 is 0 Å². The monoisotopic (exact) mass is 339 g/mol. The molecule has 134 valence electrons. The lowest BCUT2D eigenvalue weighted by molar-refractivity contribution is -0.150. The molecular formula is C17H25NO6. The number of amides is 1. The van der Waals surface area contributed by atoms with Crippen molar-refractivity contribution in [2.75, 3.05) is 13.7 Å². The number of methoxy groups -OCH3 is 1. The Morgan fingerprint density at radius 2 is 1.96 bits per heavy atom. The van der Waals surface area contributed by atoms with Crippen molar-refractivity contribution < 1.29 is 28.6 Å². The van der Waals surface area contributed by atoms with Crippen LogP contribution in [0.15, 0.2) is 23.8 Å². The number of nitrogens with one attached hydrogen (secondary N) is 1. The summed E-state index contributed by atoms with van der Waals surface area (Å²) in [6.45, 7) is 5.18. The predicted octanol–water partition coefficient (Wildman–Crippen LogP) is 2.26. The molecule has 0 heterocycles. The number of alkyl carbamates (subject to hydrolysis) is 1. The molecule has 7 heteroatoms. The maximum absolute atomic E-state index is 12.2. The molecule has 1 amide bonds. The normalized spacial score (nSPS) is 15.1. The van der Waals surface area contributed by atoms with E-state index in [0.717, 1.165) is 18.4 Å². The number of esters is 2. The zero-order chi connectivity index (χ0) is 18.2. The summed E-state index contributed by atoms with van der Waals surface area (Å²) in [5, 5.41) is 2.35. The predicted molar refractivity (Wildman–Crippen MR) is 87.2 cm³/mol. The molecule has 0 saturated heterocycles. The van der Waals surface area contributed by atoms with E-state index in [4.69, 9.17) is 9.47 Å². The summed E-state index contributed by atoms with van der Waals surface area (Å²) in [4.78, 5) is 35.5. The van der Waals surface area contributed by atoms with Gasteiger partial charge in [-0.2, -0.15) is 0 Å². The van der Waals surface area contributed by atoms with Crippen LogP contribution in [0.1, 0.15) is 40.0 Å². The molecule has 24 heavy (non-hydrogen) atoms. The summed E-state index contributed by atoms with van der Waals surface area (Å²) >= 11 is 0. The molecule has 0 aromatic rings. The number of carbonyl (C=O) groups excluding carboxylic acids is 3. The molecule has 1 rings (SSSR count). The first-order chi connectivity index (χ1) is 11.2. The lowest BCUT2D eigenvalue weighted by atomic mass is 10.1. The van der Waals surface area contributed by atoms with E-state index in [0.29, 0.717) is 0 Å². The summed E-state index contributed by atoms with van der Waals surface area (Å²) in [5.41, 5.74) is 0.158. The van der Waals surface area contributed by atoms with E-state index < -0.39 is 29.7 Å². The number of carbonyl (C=O) groups is 3. The van der Waals surface area contributed by atoms with Gasteiger partial charge in [-0.15, -0.1) is 0 Å². The Morgan fingerprint density at radius 3 is 2.50 bits per heavy atom. The van der Waals surface area contributed by atoms with Gasteiger partial charge in [0.2, 0.25) is 0 Å². The van der Waals surface area contributed by atoms with Gasteiger partial charge in [0.25, 0.3) is 0 Å². The van der Waals surface area contributed by atoms with E-state index in [-0.39, 0.29) is 13.0 Å². The van der Waals surface area contributed by atoms with E-state index in [1.165, 1.54) is 7.11 Å². The fourth-order valence-corrected chi connectivity index (χ4v) is 1.92. The zero-order valence-electron chi connectivity index (χ0n) is 14.6. The van der Waals surface area contributed by atoms with Crippen molar-refractivity contribution in [3.05, 3.63) is 23.8 Å². The molecule has 1 atom stereocenters. The second kappa shape index (κ2) is 9.10. The molecule has 0 aromatic heterocycles. The van der Waals surface area contributed by atoms with Crippen LogP contribution < -0.4 is 5.32 Å². The van der Waals surface area contributed by atoms with Crippen LogP contribution in [0.4, 0.5) is 4.79 Å². The Labute approximate surface area is 142 Å². The Morgan fingerprint density at radius 1 is 1.25 bits per heavy atom. The largest absolute Gasteiger partial charge is 0.469 e. The lowest BCUT2D eigenvalue weighted by Gasteiger charge is -2.22. The SMILES string of the molecule is COC(=O)CC(NC(=O)OC(C)(C)C)C(=O)OCC1=CCCC=C1. The van der Waals surface area contributed by atoms with E-state index in [2.05, 4.69) is 10.1 Å². The molecule has 0 saturated carbocycles. The van der Waals surface area contributed by atoms with Crippen molar-refractivity contribution in [3.8, 4) is 0 Å². The number of hydrogen-bond donors (Lipinski definition) is 1. The highest BCUT2D eigenvalue weighted by molar-refractivity contribution is 5.86. The van der Waals surface area contributed by atoms with Gasteiger partial charge in [0.15, 0.2) is 0 Å². The quantitative estimate of drug-likeness (QED) is 0.589. The number of rotatable bonds is 6. The topological polar surface area (TPSA) is 90.9 Å². The fraction of sp³-hybridized carbons (Fsp3) is 0.588. The zero-order valence-corrected chi connectivity index (χ0v) is 14.6. The minimum Gasteiger partial charge on any atom is -0.469 e. The van der Waals surface area contributed by atoms with Gasteiger partial charge in [0.05, 0.1) is 13.5 Å². The van der Waals surface area contributed by atoms with Crippen LogP contribution in [0, 0.1) is 0 Å². The fourth-order valence-electron chi connectivity index (χ4n) is 1.92. The van der Waals surface area contributed by atoms with Gasteiger partial charge in [0, 0.05) is 0 Å². The van der Waals surface area contributed by atoms with Crippen molar-refractivity contribution in [2.24, 2.45) is 0 Å². The molecule has 1 N–H and O–H groups in total. The van der Waals surface area contributed by atoms with Crippen LogP contribution in [0.25, 0.3) is 0 Å². The average Bonchev–Trinajstić information content (AvgIpc) is 2.51. The standard InChI is InChI=1S/C17H25NO6/c1-17(2,3)24-16(21)18-13(10-14(19)22-4)15(20)23-11-12-8-6-5-7-9-12/h6,8-9,13H,5,7,10-11H2,1-4H3,(H,18,21). The van der Waals surface area contributed by atoms with Crippen molar-refractivity contribution in [2.45, 2.75) is 51.7 Å². The lowest BCUT2D eigenvalue weighted by Crippen LogP contribution is -2.45. The number of ether oxygens (including phenoxy) is 3. The van der Waals surface area contributed by atoms with Crippen LogP contribution in [-0.4, -0.2) is 43.4 Å². The molecule has 0 radical (unpaired) electrons. The van der Waals surface area contributed by atoms with Gasteiger partial charge >= 0.3 is 18.0 Å². The van der Waals surface area contributed by atoms with Gasteiger partial charge in [-0.3, -0.25) is 4.79 Å². The molecule has 7 nitrogen and oxygen atoms in total. The molecule has 0 bridgehead atoms. The van der Waals surface area contributed by atoms with Crippen molar-refractivity contribution in [3.63, 3.8) is 0 Å². The second-order valence-electron chi connectivity index (χ2n) is 6.35. The number of allylic oxidation sites excluding steroid dienone is 2. The molecule has 1 unspecified atom stereocenters. The second-order valence-corrected chi connectivity index (χ2v) is 6.35. The van der Waals surface area contributed by atoms with Crippen LogP contribution in [0.2, 0.25) is 0 Å². The van der Waals surface area contributed by atoms with Gasteiger partial charge in [-0.05, 0) is 39.2 Å².